The van der Waals surface area contributed by atoms with Gasteiger partial charge in [-0.1, -0.05) is 0 Å². The highest BCUT2D eigenvalue weighted by Gasteiger charge is 2.58. The summed E-state index contributed by atoms with van der Waals surface area (Å²) in [5.41, 5.74) is 4.97. The molecule has 0 spiro atoms. The molecule has 1 aliphatic heterocycles. The fourth-order valence-corrected chi connectivity index (χ4v) is 5.07. The summed E-state index contributed by atoms with van der Waals surface area (Å²) in [6.07, 6.45) is 2.58. The molecule has 7 atom stereocenters. The van der Waals surface area contributed by atoms with Gasteiger partial charge in [-0.05, 0) is 46.0 Å². The minimum Gasteiger partial charge on any atom is -0.385 e. The number of nitrogens with zero attached hydrogens (tertiary/aromatic N) is 1. The van der Waals surface area contributed by atoms with Gasteiger partial charge in [-0.15, -0.1) is 11.6 Å². The first-order valence-corrected chi connectivity index (χ1v) is 9.25. The van der Waals surface area contributed by atoms with E-state index in [9.17, 15) is 9.50 Å². The first kappa shape index (κ1) is 17.4. The number of aliphatic hydroxyl groups is 1. The molecule has 2 fully saturated rings. The van der Waals surface area contributed by atoms with Gasteiger partial charge in [-0.3, -0.25) is 4.99 Å². The Morgan fingerprint density at radius 3 is 2.70 bits per heavy atom. The Kier molecular flexibility index (Phi) is 4.92. The van der Waals surface area contributed by atoms with Crippen LogP contribution >= 0.6 is 11.6 Å². The van der Waals surface area contributed by atoms with Crippen LogP contribution in [0, 0.1) is 11.8 Å². The van der Waals surface area contributed by atoms with Gasteiger partial charge < -0.3 is 15.6 Å². The van der Waals surface area contributed by atoms with Crippen LogP contribution < -0.4 is 5.73 Å². The standard InChI is InChI=1S/C17H28ClFN2O2/c1-9(2)23-15-8-11(19)4-5-12(15)17(22)13-7-10(18)3-6-14(13)21-16(17)20/h9-15,22H,3-8H2,1-2H3,(H2,20,21). The molecule has 4 nitrogen and oxygen atoms in total. The molecular weight excluding hydrogens is 319 g/mol. The number of hydrogen-bond acceptors (Lipinski definition) is 4. The number of amidine groups is 1. The summed E-state index contributed by atoms with van der Waals surface area (Å²) in [6, 6.07) is 0.0396. The maximum absolute atomic E-state index is 13.9. The molecule has 1 heterocycles. The van der Waals surface area contributed by atoms with Crippen molar-refractivity contribution < 1.29 is 14.2 Å². The topological polar surface area (TPSA) is 67.8 Å². The summed E-state index contributed by atoms with van der Waals surface area (Å²) in [5.74, 6) is 0.0220. The van der Waals surface area contributed by atoms with Crippen molar-refractivity contribution >= 4 is 17.4 Å². The zero-order valence-electron chi connectivity index (χ0n) is 13.9. The number of fused-ring (bicyclic) bond motifs is 1. The molecule has 0 bridgehead atoms. The summed E-state index contributed by atoms with van der Waals surface area (Å²) < 4.78 is 19.9. The van der Waals surface area contributed by atoms with Crippen LogP contribution in [0.4, 0.5) is 4.39 Å². The lowest BCUT2D eigenvalue weighted by Crippen LogP contribution is -2.60. The molecule has 3 aliphatic rings. The van der Waals surface area contributed by atoms with Crippen LogP contribution in [0.3, 0.4) is 0 Å². The summed E-state index contributed by atoms with van der Waals surface area (Å²) in [4.78, 5) is 4.54. The van der Waals surface area contributed by atoms with Crippen molar-refractivity contribution in [3.63, 3.8) is 0 Å². The zero-order valence-corrected chi connectivity index (χ0v) is 14.7. The van der Waals surface area contributed by atoms with Gasteiger partial charge in [0.25, 0.3) is 0 Å². The number of alkyl halides is 2. The van der Waals surface area contributed by atoms with E-state index in [4.69, 9.17) is 22.1 Å². The Morgan fingerprint density at radius 2 is 2.00 bits per heavy atom. The van der Waals surface area contributed by atoms with Crippen molar-refractivity contribution in [1.82, 2.24) is 0 Å². The van der Waals surface area contributed by atoms with Crippen molar-refractivity contribution in [2.45, 2.75) is 87.8 Å². The molecular formula is C17H28ClFN2O2. The first-order valence-electron chi connectivity index (χ1n) is 8.82. The lowest BCUT2D eigenvalue weighted by molar-refractivity contribution is -0.129. The van der Waals surface area contributed by atoms with Crippen LogP contribution in [0.25, 0.3) is 0 Å². The zero-order chi connectivity index (χ0) is 16.8. The quantitative estimate of drug-likeness (QED) is 0.772. The second kappa shape index (κ2) is 6.49. The molecule has 3 N–H and O–H groups in total. The molecule has 23 heavy (non-hydrogen) atoms. The van der Waals surface area contributed by atoms with Gasteiger partial charge in [0, 0.05) is 23.6 Å². The molecule has 0 saturated heterocycles. The van der Waals surface area contributed by atoms with Crippen molar-refractivity contribution in [1.29, 1.82) is 0 Å². The van der Waals surface area contributed by atoms with E-state index >= 15 is 0 Å². The molecule has 132 valence electrons. The van der Waals surface area contributed by atoms with Gasteiger partial charge in [0.05, 0.1) is 18.2 Å². The Bertz CT molecular complexity index is 474. The molecule has 0 aromatic rings. The molecule has 6 heteroatoms. The summed E-state index contributed by atoms with van der Waals surface area (Å²) in [7, 11) is 0. The maximum atomic E-state index is 13.9. The predicted octanol–water partition coefficient (Wildman–Crippen LogP) is 2.80. The number of hydrogen-bond donors (Lipinski definition) is 2. The third-order valence-electron chi connectivity index (χ3n) is 5.77. The molecule has 0 radical (unpaired) electrons. The van der Waals surface area contributed by atoms with Crippen molar-refractivity contribution in [2.24, 2.45) is 22.6 Å². The minimum atomic E-state index is -1.21. The van der Waals surface area contributed by atoms with Crippen LogP contribution in [-0.2, 0) is 4.74 Å². The third kappa shape index (κ3) is 3.12. The van der Waals surface area contributed by atoms with Gasteiger partial charge in [-0.2, -0.15) is 0 Å². The smallest absolute Gasteiger partial charge is 0.131 e. The van der Waals surface area contributed by atoms with Crippen molar-refractivity contribution in [3.05, 3.63) is 0 Å². The number of nitrogens with two attached hydrogens (primary N) is 1. The predicted molar refractivity (Wildman–Crippen MR) is 89.6 cm³/mol. The molecule has 2 saturated carbocycles. The van der Waals surface area contributed by atoms with Gasteiger partial charge in [0.2, 0.25) is 0 Å². The largest absolute Gasteiger partial charge is 0.385 e. The van der Waals surface area contributed by atoms with Gasteiger partial charge in [-0.25, -0.2) is 4.39 Å². The second-order valence-corrected chi connectivity index (χ2v) is 8.28. The SMILES string of the molecule is CC(C)OC1CC(F)CCC1C1(O)C(N)=NC2CCC(Cl)CC21. The highest BCUT2D eigenvalue weighted by Crippen LogP contribution is 2.49. The van der Waals surface area contributed by atoms with Gasteiger partial charge in [0.15, 0.2) is 0 Å². The Hall–Kier alpha value is -0.390. The molecule has 0 amide bonds. The molecule has 0 aromatic heterocycles. The minimum absolute atomic E-state index is 0.0149. The molecule has 2 aliphatic carbocycles. The van der Waals surface area contributed by atoms with Crippen LogP contribution in [0.1, 0.15) is 52.4 Å². The van der Waals surface area contributed by atoms with Gasteiger partial charge in [0.1, 0.15) is 17.6 Å². The normalized spacial score (nSPS) is 47.5. The van der Waals surface area contributed by atoms with E-state index in [1.54, 1.807) is 0 Å². The van der Waals surface area contributed by atoms with Crippen molar-refractivity contribution in [3.8, 4) is 0 Å². The fraction of sp³-hybridized carbons (Fsp3) is 0.941. The third-order valence-corrected chi connectivity index (χ3v) is 6.17. The Balaban J connectivity index is 1.88. The van der Waals surface area contributed by atoms with Crippen LogP contribution in [0.2, 0.25) is 0 Å². The lowest BCUT2D eigenvalue weighted by atomic mass is 9.65. The van der Waals surface area contributed by atoms with E-state index in [1.165, 1.54) is 0 Å². The summed E-state index contributed by atoms with van der Waals surface area (Å²) >= 11 is 6.35. The van der Waals surface area contributed by atoms with E-state index < -0.39 is 11.8 Å². The van der Waals surface area contributed by atoms with Crippen LogP contribution in [0.5, 0.6) is 0 Å². The number of aliphatic imine (C=N–C) groups is 1. The van der Waals surface area contributed by atoms with E-state index in [0.29, 0.717) is 31.5 Å². The Morgan fingerprint density at radius 1 is 1.26 bits per heavy atom. The van der Waals surface area contributed by atoms with Crippen LogP contribution in [-0.4, -0.2) is 46.3 Å². The van der Waals surface area contributed by atoms with E-state index in [2.05, 4.69) is 4.99 Å². The van der Waals surface area contributed by atoms with Crippen molar-refractivity contribution in [2.75, 3.05) is 0 Å². The average Bonchev–Trinajstić information content (AvgIpc) is 2.71. The highest BCUT2D eigenvalue weighted by molar-refractivity contribution is 6.20. The number of halogens is 2. The molecule has 7 unspecified atom stereocenters. The number of ether oxygens (including phenoxy) is 1. The summed E-state index contributed by atoms with van der Waals surface area (Å²) in [5, 5.41) is 11.6. The average molecular weight is 347 g/mol. The highest BCUT2D eigenvalue weighted by atomic mass is 35.5. The second-order valence-electron chi connectivity index (χ2n) is 7.66. The lowest BCUT2D eigenvalue weighted by Gasteiger charge is -2.47. The first-order chi connectivity index (χ1) is 10.8. The van der Waals surface area contributed by atoms with E-state index in [1.807, 2.05) is 13.8 Å². The van der Waals surface area contributed by atoms with E-state index in [-0.39, 0.29) is 35.5 Å². The van der Waals surface area contributed by atoms with E-state index in [0.717, 1.165) is 12.8 Å². The molecule has 3 rings (SSSR count). The van der Waals surface area contributed by atoms with Gasteiger partial charge >= 0.3 is 0 Å². The maximum Gasteiger partial charge on any atom is 0.131 e. The summed E-state index contributed by atoms with van der Waals surface area (Å²) in [6.45, 7) is 3.88. The Labute approximate surface area is 142 Å². The molecule has 0 aromatic carbocycles. The van der Waals surface area contributed by atoms with Crippen LogP contribution in [0.15, 0.2) is 4.99 Å². The monoisotopic (exact) mass is 346 g/mol. The fourth-order valence-electron chi connectivity index (χ4n) is 4.75. The number of rotatable bonds is 3.